The van der Waals surface area contributed by atoms with Gasteiger partial charge in [0.1, 0.15) is 4.88 Å². The zero-order valence-corrected chi connectivity index (χ0v) is 13.1. The first-order valence-electron chi connectivity index (χ1n) is 5.92. The van der Waals surface area contributed by atoms with Crippen LogP contribution < -0.4 is 5.32 Å². The van der Waals surface area contributed by atoms with Gasteiger partial charge in [-0.1, -0.05) is 24.3 Å². The van der Waals surface area contributed by atoms with Crippen LogP contribution in [-0.2, 0) is 6.42 Å². The third-order valence-corrected chi connectivity index (χ3v) is 5.52. The maximum atomic E-state index is 12.2. The maximum Gasteiger partial charge on any atom is 0.263 e. The van der Waals surface area contributed by atoms with Gasteiger partial charge in [0, 0.05) is 4.47 Å². The molecule has 5 heteroatoms. The Hall–Kier alpha value is -0.840. The lowest BCUT2D eigenvalue weighted by molar-refractivity contribution is 0.0940. The van der Waals surface area contributed by atoms with E-state index in [2.05, 4.69) is 27.3 Å². The number of benzene rings is 1. The van der Waals surface area contributed by atoms with Gasteiger partial charge in [0.15, 0.2) is 0 Å². The molecule has 1 aromatic heterocycles. The van der Waals surface area contributed by atoms with Gasteiger partial charge in [0.2, 0.25) is 0 Å². The summed E-state index contributed by atoms with van der Waals surface area (Å²) in [5.74, 6) is -0.0748. The first-order valence-corrected chi connectivity index (χ1v) is 8.03. The van der Waals surface area contributed by atoms with Gasteiger partial charge in [-0.2, -0.15) is 0 Å². The van der Waals surface area contributed by atoms with E-state index < -0.39 is 0 Å². The van der Waals surface area contributed by atoms with Gasteiger partial charge in [0.25, 0.3) is 5.91 Å². The number of halogens is 2. The fourth-order valence-electron chi connectivity index (χ4n) is 2.38. The van der Waals surface area contributed by atoms with Crippen molar-refractivity contribution in [3.63, 3.8) is 0 Å². The average molecular weight is 357 g/mol. The van der Waals surface area contributed by atoms with Crippen LogP contribution in [0.4, 0.5) is 0 Å². The van der Waals surface area contributed by atoms with Crippen LogP contribution in [0, 0.1) is 0 Å². The minimum absolute atomic E-state index is 0.0748. The molecule has 0 bridgehead atoms. The predicted octanol–water partition coefficient (Wildman–Crippen LogP) is 4.15. The number of thiophene rings is 1. The molecule has 0 saturated carbocycles. The second kappa shape index (κ2) is 5.27. The van der Waals surface area contributed by atoms with Crippen LogP contribution in [0.15, 0.2) is 40.2 Å². The highest BCUT2D eigenvalue weighted by Crippen LogP contribution is 2.35. The molecule has 19 heavy (non-hydrogen) atoms. The number of nitrogens with one attached hydrogen (secondary N) is 1. The molecule has 0 saturated heterocycles. The molecule has 1 amide bonds. The summed E-state index contributed by atoms with van der Waals surface area (Å²) in [7, 11) is 0. The van der Waals surface area contributed by atoms with Gasteiger partial charge in [0.05, 0.1) is 11.4 Å². The van der Waals surface area contributed by atoms with Crippen LogP contribution in [-0.4, -0.2) is 11.3 Å². The number of hydrogen-bond donors (Lipinski definition) is 1. The summed E-state index contributed by atoms with van der Waals surface area (Å²) in [6.07, 6.45) is 0.800. The Labute approximate surface area is 128 Å². The van der Waals surface area contributed by atoms with Crippen LogP contribution >= 0.6 is 38.9 Å². The number of fused-ring (bicyclic) bond motifs is 1. The Balaban J connectivity index is 1.84. The summed E-state index contributed by atoms with van der Waals surface area (Å²) >= 11 is 11.2. The van der Waals surface area contributed by atoms with E-state index in [1.54, 1.807) is 0 Å². The highest BCUT2D eigenvalue weighted by atomic mass is 79.9. The quantitative estimate of drug-likeness (QED) is 0.805. The molecule has 1 aromatic carbocycles. The molecule has 1 aliphatic carbocycles. The molecule has 2 aromatic rings. The van der Waals surface area contributed by atoms with E-state index in [4.69, 9.17) is 11.6 Å². The molecule has 98 valence electrons. The summed E-state index contributed by atoms with van der Waals surface area (Å²) in [5.41, 5.74) is 2.35. The topological polar surface area (TPSA) is 29.1 Å². The van der Waals surface area contributed by atoms with Gasteiger partial charge in [-0.15, -0.1) is 22.9 Å². The van der Waals surface area contributed by atoms with Crippen molar-refractivity contribution < 1.29 is 4.79 Å². The van der Waals surface area contributed by atoms with Gasteiger partial charge in [-0.3, -0.25) is 4.79 Å². The smallest absolute Gasteiger partial charge is 0.263 e. The van der Waals surface area contributed by atoms with Gasteiger partial charge in [-0.25, -0.2) is 0 Å². The van der Waals surface area contributed by atoms with Crippen LogP contribution in [0.3, 0.4) is 0 Å². The molecule has 0 radical (unpaired) electrons. The van der Waals surface area contributed by atoms with Crippen molar-refractivity contribution in [1.82, 2.24) is 5.32 Å². The van der Waals surface area contributed by atoms with Gasteiger partial charge < -0.3 is 5.32 Å². The number of carbonyl (C=O) groups is 1. The fraction of sp³-hybridized carbons (Fsp3) is 0.214. The number of rotatable bonds is 2. The fourth-order valence-corrected chi connectivity index (χ4v) is 4.20. The number of carbonyl (C=O) groups excluding carboxylic acids is 1. The average Bonchev–Trinajstić information content (AvgIpc) is 2.94. The molecule has 2 unspecified atom stereocenters. The first-order chi connectivity index (χ1) is 9.16. The first kappa shape index (κ1) is 13.2. The van der Waals surface area contributed by atoms with Crippen molar-refractivity contribution in [1.29, 1.82) is 0 Å². The SMILES string of the molecule is O=C(NC1c2ccccc2CC1Cl)c1sccc1Br. The Morgan fingerprint density at radius 2 is 2.16 bits per heavy atom. The monoisotopic (exact) mass is 355 g/mol. The summed E-state index contributed by atoms with van der Waals surface area (Å²) in [4.78, 5) is 12.9. The molecule has 2 atom stereocenters. The molecule has 1 heterocycles. The molecule has 0 fully saturated rings. The molecule has 2 nitrogen and oxygen atoms in total. The highest BCUT2D eigenvalue weighted by molar-refractivity contribution is 9.10. The number of amides is 1. The van der Waals surface area contributed by atoms with Crippen LogP contribution in [0.2, 0.25) is 0 Å². The van der Waals surface area contributed by atoms with Crippen LogP contribution in [0.5, 0.6) is 0 Å². The van der Waals surface area contributed by atoms with Gasteiger partial charge >= 0.3 is 0 Å². The second-order valence-electron chi connectivity index (χ2n) is 4.47. The van der Waals surface area contributed by atoms with E-state index in [1.807, 2.05) is 29.6 Å². The van der Waals surface area contributed by atoms with E-state index in [0.29, 0.717) is 4.88 Å². The van der Waals surface area contributed by atoms with E-state index in [1.165, 1.54) is 16.9 Å². The molecule has 0 spiro atoms. The van der Waals surface area contributed by atoms with Gasteiger partial charge in [-0.05, 0) is 44.9 Å². The Morgan fingerprint density at radius 3 is 2.89 bits per heavy atom. The normalized spacial score (nSPS) is 21.2. The molecular formula is C14H11BrClNOS. The Kier molecular flexibility index (Phi) is 3.65. The molecule has 3 rings (SSSR count). The predicted molar refractivity (Wildman–Crippen MR) is 82.0 cm³/mol. The molecular weight excluding hydrogens is 346 g/mol. The lowest BCUT2D eigenvalue weighted by atomic mass is 10.1. The highest BCUT2D eigenvalue weighted by Gasteiger charge is 2.32. The Morgan fingerprint density at radius 1 is 1.37 bits per heavy atom. The molecule has 1 aliphatic rings. The van der Waals surface area contributed by atoms with E-state index >= 15 is 0 Å². The van der Waals surface area contributed by atoms with Crippen molar-refractivity contribution in [2.24, 2.45) is 0 Å². The third-order valence-electron chi connectivity index (χ3n) is 3.28. The summed E-state index contributed by atoms with van der Waals surface area (Å²) in [5, 5.41) is 4.84. The summed E-state index contributed by atoms with van der Waals surface area (Å²) < 4.78 is 0.826. The van der Waals surface area contributed by atoms with E-state index in [-0.39, 0.29) is 17.3 Å². The zero-order valence-electron chi connectivity index (χ0n) is 9.90. The van der Waals surface area contributed by atoms with Crippen molar-refractivity contribution in [2.45, 2.75) is 17.8 Å². The third kappa shape index (κ3) is 2.45. The minimum Gasteiger partial charge on any atom is -0.343 e. The molecule has 0 aliphatic heterocycles. The lowest BCUT2D eigenvalue weighted by Crippen LogP contribution is -2.31. The maximum absolute atomic E-state index is 12.2. The lowest BCUT2D eigenvalue weighted by Gasteiger charge is -2.17. The second-order valence-corrected chi connectivity index (χ2v) is 6.80. The zero-order chi connectivity index (χ0) is 13.4. The number of alkyl halides is 1. The summed E-state index contributed by atoms with van der Waals surface area (Å²) in [6, 6.07) is 9.85. The van der Waals surface area contributed by atoms with E-state index in [0.717, 1.165) is 16.5 Å². The largest absolute Gasteiger partial charge is 0.343 e. The van der Waals surface area contributed by atoms with Crippen molar-refractivity contribution >= 4 is 44.8 Å². The van der Waals surface area contributed by atoms with Crippen LogP contribution in [0.1, 0.15) is 26.8 Å². The van der Waals surface area contributed by atoms with Crippen LogP contribution in [0.25, 0.3) is 0 Å². The molecule has 1 N–H and O–H groups in total. The van der Waals surface area contributed by atoms with Crippen molar-refractivity contribution in [3.05, 3.63) is 56.2 Å². The van der Waals surface area contributed by atoms with Crippen molar-refractivity contribution in [2.75, 3.05) is 0 Å². The Bertz CT molecular complexity index is 627. The summed E-state index contributed by atoms with van der Waals surface area (Å²) in [6.45, 7) is 0. The van der Waals surface area contributed by atoms with Crippen molar-refractivity contribution in [3.8, 4) is 0 Å². The van der Waals surface area contributed by atoms with E-state index in [9.17, 15) is 4.79 Å². The minimum atomic E-state index is -0.112. The standard InChI is InChI=1S/C14H11BrClNOS/c15-10-5-6-19-13(10)14(18)17-12-9-4-2-1-3-8(9)7-11(12)16/h1-6,11-12H,7H2,(H,17,18). The number of hydrogen-bond acceptors (Lipinski definition) is 2.